The Bertz CT molecular complexity index is 1140. The molecule has 0 aliphatic heterocycles. The molecule has 1 aromatic carbocycles. The summed E-state index contributed by atoms with van der Waals surface area (Å²) in [6.45, 7) is 4.92. The zero-order valence-electron chi connectivity index (χ0n) is 19.5. The standard InChI is InChI=1S/C23H30N3O6PS/c1-4-31-33(29,32-5-2)17-26-22(27)20(34-23(26)28)16-18-9-11-19(12-10-18)30-15-14-25(3)21-8-6-7-13-24-21/h6-13,27H,4-5,14-17H2,1-3H3. The predicted octanol–water partition coefficient (Wildman–Crippen LogP) is 4.34. The third-order valence-corrected chi connectivity index (χ3v) is 7.83. The highest BCUT2D eigenvalue weighted by molar-refractivity contribution is 7.52. The normalized spacial score (nSPS) is 11.5. The van der Waals surface area contributed by atoms with E-state index in [1.807, 2.05) is 54.4 Å². The van der Waals surface area contributed by atoms with Crippen molar-refractivity contribution in [3.05, 3.63) is 68.8 Å². The van der Waals surface area contributed by atoms with E-state index in [0.29, 0.717) is 24.4 Å². The number of ether oxygens (including phenoxy) is 1. The van der Waals surface area contributed by atoms with Crippen molar-refractivity contribution in [2.45, 2.75) is 26.6 Å². The Morgan fingerprint density at radius 3 is 2.44 bits per heavy atom. The highest BCUT2D eigenvalue weighted by Crippen LogP contribution is 2.50. The van der Waals surface area contributed by atoms with Gasteiger partial charge in [-0.3, -0.25) is 13.9 Å². The number of thiazole rings is 1. The number of aromatic hydroxyl groups is 1. The van der Waals surface area contributed by atoms with Gasteiger partial charge in [0, 0.05) is 19.7 Å². The smallest absolute Gasteiger partial charge is 0.350 e. The van der Waals surface area contributed by atoms with Crippen LogP contribution in [0.5, 0.6) is 11.6 Å². The van der Waals surface area contributed by atoms with E-state index >= 15 is 0 Å². The molecule has 0 amide bonds. The minimum absolute atomic E-state index is 0.178. The van der Waals surface area contributed by atoms with Gasteiger partial charge in [0.15, 0.2) is 0 Å². The Morgan fingerprint density at radius 2 is 1.82 bits per heavy atom. The number of aromatic nitrogens is 2. The molecule has 2 aromatic heterocycles. The summed E-state index contributed by atoms with van der Waals surface area (Å²) in [5.74, 6) is 1.39. The molecule has 0 aliphatic rings. The summed E-state index contributed by atoms with van der Waals surface area (Å²) < 4.78 is 30.1. The molecule has 11 heteroatoms. The largest absolute Gasteiger partial charge is 0.494 e. The number of nitrogens with zero attached hydrogens (tertiary/aromatic N) is 3. The van der Waals surface area contributed by atoms with Crippen LogP contribution in [0.2, 0.25) is 0 Å². The molecule has 184 valence electrons. The van der Waals surface area contributed by atoms with E-state index in [0.717, 1.165) is 33.0 Å². The van der Waals surface area contributed by atoms with Crippen LogP contribution in [0, 0.1) is 0 Å². The summed E-state index contributed by atoms with van der Waals surface area (Å²) in [5.41, 5.74) is 0.902. The summed E-state index contributed by atoms with van der Waals surface area (Å²) in [6.07, 6.45) is 1.79. The van der Waals surface area contributed by atoms with Crippen LogP contribution >= 0.6 is 18.9 Å². The fraction of sp³-hybridized carbons (Fsp3) is 0.391. The predicted molar refractivity (Wildman–Crippen MR) is 133 cm³/mol. The number of pyridine rings is 1. The average molecular weight is 508 g/mol. The van der Waals surface area contributed by atoms with Crippen molar-refractivity contribution in [3.63, 3.8) is 0 Å². The lowest BCUT2D eigenvalue weighted by Crippen LogP contribution is -2.24. The Morgan fingerprint density at radius 1 is 1.12 bits per heavy atom. The average Bonchev–Trinajstić information content (AvgIpc) is 3.08. The molecule has 0 radical (unpaired) electrons. The van der Waals surface area contributed by atoms with E-state index in [9.17, 15) is 14.5 Å². The molecular weight excluding hydrogens is 477 g/mol. The number of hydrogen-bond acceptors (Lipinski definition) is 9. The first-order valence-corrected chi connectivity index (χ1v) is 13.5. The van der Waals surface area contributed by atoms with Gasteiger partial charge >= 0.3 is 12.5 Å². The van der Waals surface area contributed by atoms with Gasteiger partial charge in [-0.25, -0.2) is 4.98 Å². The molecule has 0 saturated carbocycles. The van der Waals surface area contributed by atoms with Crippen LogP contribution in [0.25, 0.3) is 0 Å². The summed E-state index contributed by atoms with van der Waals surface area (Å²) >= 11 is 0.914. The highest BCUT2D eigenvalue weighted by Gasteiger charge is 2.28. The Balaban J connectivity index is 1.59. The second-order valence-electron chi connectivity index (χ2n) is 7.41. The number of rotatable bonds is 13. The second-order valence-corrected chi connectivity index (χ2v) is 10.5. The fourth-order valence-electron chi connectivity index (χ4n) is 3.25. The summed E-state index contributed by atoms with van der Waals surface area (Å²) in [5, 5.41) is 10.6. The molecule has 0 bridgehead atoms. The third kappa shape index (κ3) is 6.93. The molecule has 3 aromatic rings. The molecule has 2 heterocycles. The third-order valence-electron chi connectivity index (χ3n) is 4.93. The van der Waals surface area contributed by atoms with Crippen LogP contribution in [0.3, 0.4) is 0 Å². The Hall–Kier alpha value is -2.65. The van der Waals surface area contributed by atoms with Crippen LogP contribution in [0.15, 0.2) is 53.5 Å². The number of likely N-dealkylation sites (N-methyl/N-ethyl adjacent to an activating group) is 1. The van der Waals surface area contributed by atoms with Crippen LogP contribution in [0.4, 0.5) is 5.82 Å². The van der Waals surface area contributed by atoms with Crippen LogP contribution in [-0.4, -0.2) is 48.1 Å². The SMILES string of the molecule is CCOP(=O)(Cn1c(O)c(Cc2ccc(OCCN(C)c3ccccn3)cc2)sc1=O)OCC. The van der Waals surface area contributed by atoms with Gasteiger partial charge in [-0.1, -0.05) is 29.5 Å². The maximum atomic E-state index is 12.8. The van der Waals surface area contributed by atoms with E-state index < -0.39 is 12.5 Å². The zero-order valence-corrected chi connectivity index (χ0v) is 21.3. The molecule has 0 fully saturated rings. The van der Waals surface area contributed by atoms with Crippen LogP contribution < -0.4 is 14.5 Å². The van der Waals surface area contributed by atoms with E-state index in [1.165, 1.54) is 0 Å². The van der Waals surface area contributed by atoms with Crippen molar-refractivity contribution in [2.24, 2.45) is 0 Å². The maximum Gasteiger partial charge on any atom is 0.350 e. The number of hydrogen-bond donors (Lipinski definition) is 1. The summed E-state index contributed by atoms with van der Waals surface area (Å²) in [4.78, 5) is 18.8. The fourth-order valence-corrected chi connectivity index (χ4v) is 5.89. The van der Waals surface area contributed by atoms with Gasteiger partial charge in [-0.15, -0.1) is 0 Å². The molecule has 9 nitrogen and oxygen atoms in total. The van der Waals surface area contributed by atoms with Gasteiger partial charge < -0.3 is 23.8 Å². The van der Waals surface area contributed by atoms with Gasteiger partial charge in [0.2, 0.25) is 5.88 Å². The molecule has 0 aliphatic carbocycles. The molecule has 34 heavy (non-hydrogen) atoms. The van der Waals surface area contributed by atoms with Crippen molar-refractivity contribution in [3.8, 4) is 11.6 Å². The molecular formula is C23H30N3O6PS. The van der Waals surface area contributed by atoms with E-state index in [-0.39, 0.29) is 25.4 Å². The quantitative estimate of drug-likeness (QED) is 0.341. The van der Waals surface area contributed by atoms with E-state index in [1.54, 1.807) is 20.0 Å². The molecule has 0 atom stereocenters. The lowest BCUT2D eigenvalue weighted by molar-refractivity contribution is 0.212. The van der Waals surface area contributed by atoms with Crippen molar-refractivity contribution in [1.29, 1.82) is 0 Å². The summed E-state index contributed by atoms with van der Waals surface area (Å²) in [6, 6.07) is 13.2. The van der Waals surface area contributed by atoms with E-state index in [4.69, 9.17) is 13.8 Å². The molecule has 0 unspecified atom stereocenters. The Kier molecular flexibility index (Phi) is 9.29. The minimum atomic E-state index is -3.52. The number of benzene rings is 1. The monoisotopic (exact) mass is 507 g/mol. The second kappa shape index (κ2) is 12.2. The topological polar surface area (TPSA) is 103 Å². The van der Waals surface area contributed by atoms with Gasteiger partial charge in [-0.05, 0) is 43.7 Å². The number of anilines is 1. The first-order valence-electron chi connectivity index (χ1n) is 11.0. The van der Waals surface area contributed by atoms with Gasteiger partial charge in [-0.2, -0.15) is 0 Å². The molecule has 0 saturated heterocycles. The van der Waals surface area contributed by atoms with Crippen molar-refractivity contribution < 1.29 is 23.5 Å². The van der Waals surface area contributed by atoms with Crippen molar-refractivity contribution >= 4 is 24.8 Å². The van der Waals surface area contributed by atoms with Gasteiger partial charge in [0.25, 0.3) is 0 Å². The first-order chi connectivity index (χ1) is 16.3. The van der Waals surface area contributed by atoms with Crippen molar-refractivity contribution in [1.82, 2.24) is 9.55 Å². The van der Waals surface area contributed by atoms with Crippen LogP contribution in [-0.2, 0) is 26.3 Å². The van der Waals surface area contributed by atoms with E-state index in [2.05, 4.69) is 4.98 Å². The Labute approximate surface area is 203 Å². The lowest BCUT2D eigenvalue weighted by Gasteiger charge is -2.18. The lowest BCUT2D eigenvalue weighted by atomic mass is 10.1. The first kappa shape index (κ1) is 26.0. The molecule has 3 rings (SSSR count). The van der Waals surface area contributed by atoms with Gasteiger partial charge in [0.1, 0.15) is 24.5 Å². The molecule has 0 spiro atoms. The minimum Gasteiger partial charge on any atom is -0.494 e. The van der Waals surface area contributed by atoms with Gasteiger partial charge in [0.05, 0.1) is 24.6 Å². The maximum absolute atomic E-state index is 12.8. The summed E-state index contributed by atoms with van der Waals surface area (Å²) in [7, 11) is -1.56. The van der Waals surface area contributed by atoms with Crippen LogP contribution in [0.1, 0.15) is 24.3 Å². The molecule has 1 N–H and O–H groups in total. The van der Waals surface area contributed by atoms with Crippen molar-refractivity contribution in [2.75, 3.05) is 38.3 Å². The highest BCUT2D eigenvalue weighted by atomic mass is 32.1. The zero-order chi connectivity index (χ0) is 24.6.